The van der Waals surface area contributed by atoms with Crippen molar-refractivity contribution in [3.8, 4) is 5.75 Å². The number of para-hydroxylation sites is 2. The number of nitrogens with zero attached hydrogens (tertiary/aromatic N) is 1. The van der Waals surface area contributed by atoms with Crippen LogP contribution >= 0.6 is 0 Å². The Labute approximate surface area is 145 Å². The lowest BCUT2D eigenvalue weighted by atomic mass is 10.1. The van der Waals surface area contributed by atoms with Gasteiger partial charge in [-0.3, -0.25) is 19.3 Å². The Kier molecular flexibility index (Phi) is 4.37. The Morgan fingerprint density at radius 3 is 2.08 bits per heavy atom. The molecule has 3 amide bonds. The number of carbonyl (C=O) groups excluding carboxylic acids is 3. The zero-order chi connectivity index (χ0) is 18.9. The third-order valence-corrected chi connectivity index (χ3v) is 3.57. The molecule has 0 spiro atoms. The van der Waals surface area contributed by atoms with E-state index in [9.17, 15) is 27.6 Å². The molecule has 2 aromatic carbocycles. The number of anilines is 1. The number of halogens is 3. The molecule has 1 aliphatic heterocycles. The molecule has 26 heavy (non-hydrogen) atoms. The van der Waals surface area contributed by atoms with Crippen LogP contribution in [0.1, 0.15) is 20.7 Å². The van der Waals surface area contributed by atoms with Gasteiger partial charge < -0.3 is 10.1 Å². The molecule has 3 rings (SSSR count). The van der Waals surface area contributed by atoms with Gasteiger partial charge in [-0.1, -0.05) is 24.3 Å². The Bertz CT molecular complexity index is 861. The first-order chi connectivity index (χ1) is 12.3. The van der Waals surface area contributed by atoms with E-state index in [1.165, 1.54) is 30.3 Å². The van der Waals surface area contributed by atoms with Crippen LogP contribution in [0, 0.1) is 0 Å². The fourth-order valence-corrected chi connectivity index (χ4v) is 2.50. The molecule has 6 nitrogen and oxygen atoms in total. The number of fused-ring (bicyclic) bond motifs is 1. The van der Waals surface area contributed by atoms with E-state index >= 15 is 0 Å². The van der Waals surface area contributed by atoms with Crippen LogP contribution in [0.2, 0.25) is 0 Å². The van der Waals surface area contributed by atoms with Crippen LogP contribution in [0.25, 0.3) is 0 Å². The smallest absolute Gasteiger partial charge is 0.404 e. The van der Waals surface area contributed by atoms with Crippen molar-refractivity contribution in [2.75, 3.05) is 11.9 Å². The quantitative estimate of drug-likeness (QED) is 0.847. The van der Waals surface area contributed by atoms with E-state index in [0.717, 1.165) is 11.0 Å². The maximum Gasteiger partial charge on any atom is 0.573 e. The van der Waals surface area contributed by atoms with Crippen LogP contribution < -0.4 is 10.1 Å². The summed E-state index contributed by atoms with van der Waals surface area (Å²) in [5, 5.41) is 2.22. The maximum absolute atomic E-state index is 12.4. The standard InChI is InChI=1S/C17H11F3N2O4/c18-17(19,20)26-13-8-4-3-7-12(13)21-14(23)9-22-15(24)10-5-1-2-6-11(10)16(22)25/h1-8H,9H2,(H,21,23). The highest BCUT2D eigenvalue weighted by Crippen LogP contribution is 2.30. The minimum absolute atomic E-state index is 0.172. The van der Waals surface area contributed by atoms with E-state index in [-0.39, 0.29) is 16.8 Å². The van der Waals surface area contributed by atoms with Gasteiger partial charge in [-0.25, -0.2) is 0 Å². The number of carbonyl (C=O) groups is 3. The summed E-state index contributed by atoms with van der Waals surface area (Å²) in [7, 11) is 0. The lowest BCUT2D eigenvalue weighted by Gasteiger charge is -2.16. The van der Waals surface area contributed by atoms with E-state index < -0.39 is 36.4 Å². The van der Waals surface area contributed by atoms with Gasteiger partial charge in [0.2, 0.25) is 5.91 Å². The van der Waals surface area contributed by atoms with Crippen molar-refractivity contribution in [3.05, 3.63) is 59.7 Å². The summed E-state index contributed by atoms with van der Waals surface area (Å²) in [4.78, 5) is 37.3. The van der Waals surface area contributed by atoms with Crippen molar-refractivity contribution in [2.24, 2.45) is 0 Å². The normalized spacial score (nSPS) is 13.6. The summed E-state index contributed by atoms with van der Waals surface area (Å²) in [6, 6.07) is 11.0. The number of nitrogens with one attached hydrogen (secondary N) is 1. The molecule has 1 aliphatic rings. The van der Waals surface area contributed by atoms with Crippen LogP contribution in [0.5, 0.6) is 5.75 Å². The number of alkyl halides is 3. The van der Waals surface area contributed by atoms with Gasteiger partial charge in [0.1, 0.15) is 6.54 Å². The second-order valence-electron chi connectivity index (χ2n) is 5.33. The van der Waals surface area contributed by atoms with Gasteiger partial charge in [0.05, 0.1) is 16.8 Å². The van der Waals surface area contributed by atoms with Crippen molar-refractivity contribution in [2.45, 2.75) is 6.36 Å². The molecular weight excluding hydrogens is 353 g/mol. The topological polar surface area (TPSA) is 75.7 Å². The lowest BCUT2D eigenvalue weighted by molar-refractivity contribution is -0.274. The molecule has 0 aliphatic carbocycles. The molecule has 1 N–H and O–H groups in total. The Morgan fingerprint density at radius 2 is 1.50 bits per heavy atom. The number of imide groups is 1. The van der Waals surface area contributed by atoms with Crippen molar-refractivity contribution >= 4 is 23.4 Å². The van der Waals surface area contributed by atoms with Gasteiger partial charge in [-0.15, -0.1) is 13.2 Å². The van der Waals surface area contributed by atoms with Crippen molar-refractivity contribution in [3.63, 3.8) is 0 Å². The van der Waals surface area contributed by atoms with Crippen LogP contribution in [0.15, 0.2) is 48.5 Å². The molecule has 0 atom stereocenters. The van der Waals surface area contributed by atoms with Crippen LogP contribution in [-0.2, 0) is 4.79 Å². The number of benzene rings is 2. The molecule has 134 valence electrons. The minimum atomic E-state index is -4.93. The van der Waals surface area contributed by atoms with Gasteiger partial charge in [0.15, 0.2) is 5.75 Å². The van der Waals surface area contributed by atoms with Gasteiger partial charge in [0.25, 0.3) is 11.8 Å². The maximum atomic E-state index is 12.4. The first-order valence-electron chi connectivity index (χ1n) is 7.36. The van der Waals surface area contributed by atoms with Crippen molar-refractivity contribution in [1.82, 2.24) is 4.90 Å². The molecule has 0 fully saturated rings. The highest BCUT2D eigenvalue weighted by molar-refractivity contribution is 6.22. The zero-order valence-corrected chi connectivity index (χ0v) is 13.0. The first kappa shape index (κ1) is 17.5. The van der Waals surface area contributed by atoms with Gasteiger partial charge >= 0.3 is 6.36 Å². The van der Waals surface area contributed by atoms with Gasteiger partial charge in [-0.2, -0.15) is 0 Å². The number of amides is 3. The molecule has 0 bridgehead atoms. The predicted octanol–water partition coefficient (Wildman–Crippen LogP) is 2.82. The molecule has 9 heteroatoms. The van der Waals surface area contributed by atoms with Gasteiger partial charge in [0, 0.05) is 0 Å². The third-order valence-electron chi connectivity index (χ3n) is 3.57. The van der Waals surface area contributed by atoms with Crippen LogP contribution in [0.3, 0.4) is 0 Å². The number of hydrogen-bond acceptors (Lipinski definition) is 4. The molecule has 2 aromatic rings. The first-order valence-corrected chi connectivity index (χ1v) is 7.36. The van der Waals surface area contributed by atoms with E-state index in [4.69, 9.17) is 0 Å². The summed E-state index contributed by atoms with van der Waals surface area (Å²) in [5.74, 6) is -2.71. The van der Waals surface area contributed by atoms with E-state index in [0.29, 0.717) is 0 Å². The van der Waals surface area contributed by atoms with E-state index in [2.05, 4.69) is 10.1 Å². The van der Waals surface area contributed by atoms with E-state index in [1.807, 2.05) is 0 Å². The molecule has 0 unspecified atom stereocenters. The summed E-state index contributed by atoms with van der Waals surface area (Å²) >= 11 is 0. The highest BCUT2D eigenvalue weighted by atomic mass is 19.4. The predicted molar refractivity (Wildman–Crippen MR) is 83.6 cm³/mol. The van der Waals surface area contributed by atoms with Crippen molar-refractivity contribution < 1.29 is 32.3 Å². The number of ether oxygens (including phenoxy) is 1. The number of hydrogen-bond donors (Lipinski definition) is 1. The monoisotopic (exact) mass is 364 g/mol. The molecule has 0 aromatic heterocycles. The van der Waals surface area contributed by atoms with Crippen LogP contribution in [-0.4, -0.2) is 35.5 Å². The summed E-state index contributed by atoms with van der Waals surface area (Å²) in [5.41, 5.74) is 0.114. The Hall–Kier alpha value is -3.36. The summed E-state index contributed by atoms with van der Waals surface area (Å²) in [6.07, 6.45) is -4.93. The number of rotatable bonds is 4. The average molecular weight is 364 g/mol. The minimum Gasteiger partial charge on any atom is -0.404 e. The second-order valence-corrected chi connectivity index (χ2v) is 5.33. The SMILES string of the molecule is O=C(CN1C(=O)c2ccccc2C1=O)Nc1ccccc1OC(F)(F)F. The second kappa shape index (κ2) is 6.51. The summed E-state index contributed by atoms with van der Waals surface area (Å²) < 4.78 is 41.1. The molecule has 0 saturated carbocycles. The largest absolute Gasteiger partial charge is 0.573 e. The van der Waals surface area contributed by atoms with Gasteiger partial charge in [-0.05, 0) is 24.3 Å². The van der Waals surface area contributed by atoms with E-state index in [1.54, 1.807) is 12.1 Å². The Balaban J connectivity index is 1.73. The summed E-state index contributed by atoms with van der Waals surface area (Å²) in [6.45, 7) is -0.632. The molecule has 0 saturated heterocycles. The molecular formula is C17H11F3N2O4. The highest BCUT2D eigenvalue weighted by Gasteiger charge is 2.36. The fraction of sp³-hybridized carbons (Fsp3) is 0.118. The van der Waals surface area contributed by atoms with Crippen molar-refractivity contribution in [1.29, 1.82) is 0 Å². The molecule has 0 radical (unpaired) electrons. The fourth-order valence-electron chi connectivity index (χ4n) is 2.50. The Morgan fingerprint density at radius 1 is 0.962 bits per heavy atom. The third kappa shape index (κ3) is 3.51. The zero-order valence-electron chi connectivity index (χ0n) is 13.0. The lowest BCUT2D eigenvalue weighted by Crippen LogP contribution is -2.37. The average Bonchev–Trinajstić information content (AvgIpc) is 2.81. The molecule has 1 heterocycles. The van der Waals surface area contributed by atoms with Crippen LogP contribution in [0.4, 0.5) is 18.9 Å².